The van der Waals surface area contributed by atoms with Crippen molar-refractivity contribution in [1.82, 2.24) is 0 Å². The van der Waals surface area contributed by atoms with Crippen LogP contribution in [0.25, 0.3) is 11.0 Å². The van der Waals surface area contributed by atoms with Gasteiger partial charge in [-0.15, -0.1) is 0 Å². The SMILES string of the molecule is COc1ccc(Oc2coc3cc(OC)c(CC=C(C)C)c(O)c3c2=O)c(OC)c1. The summed E-state index contributed by atoms with van der Waals surface area (Å²) >= 11 is 0. The summed E-state index contributed by atoms with van der Waals surface area (Å²) in [7, 11) is 4.52. The van der Waals surface area contributed by atoms with Crippen molar-refractivity contribution in [2.24, 2.45) is 0 Å². The van der Waals surface area contributed by atoms with E-state index >= 15 is 0 Å². The van der Waals surface area contributed by atoms with Crippen molar-refractivity contribution in [3.05, 3.63) is 58.0 Å². The molecule has 0 aliphatic carbocycles. The first-order valence-electron chi connectivity index (χ1n) is 9.27. The van der Waals surface area contributed by atoms with Gasteiger partial charge in [0.15, 0.2) is 11.5 Å². The highest BCUT2D eigenvalue weighted by molar-refractivity contribution is 5.87. The first kappa shape index (κ1) is 21.1. The summed E-state index contributed by atoms with van der Waals surface area (Å²) in [6, 6.07) is 6.52. The summed E-state index contributed by atoms with van der Waals surface area (Å²) in [5.41, 5.74) is 1.27. The maximum Gasteiger partial charge on any atom is 0.238 e. The molecular weight excluding hydrogens is 388 g/mol. The maximum atomic E-state index is 13.1. The van der Waals surface area contributed by atoms with Crippen molar-refractivity contribution in [2.45, 2.75) is 20.3 Å². The van der Waals surface area contributed by atoms with Gasteiger partial charge < -0.3 is 28.5 Å². The van der Waals surface area contributed by atoms with E-state index in [2.05, 4.69) is 0 Å². The molecule has 3 aromatic rings. The molecule has 7 heteroatoms. The van der Waals surface area contributed by atoms with Gasteiger partial charge in [0, 0.05) is 17.7 Å². The molecule has 3 rings (SSSR count). The number of ether oxygens (including phenoxy) is 4. The van der Waals surface area contributed by atoms with Gasteiger partial charge >= 0.3 is 0 Å². The van der Waals surface area contributed by atoms with Gasteiger partial charge in [0.05, 0.1) is 21.3 Å². The van der Waals surface area contributed by atoms with Crippen LogP contribution in [0, 0.1) is 0 Å². The minimum atomic E-state index is -0.507. The average molecular weight is 412 g/mol. The van der Waals surface area contributed by atoms with Gasteiger partial charge in [0.25, 0.3) is 0 Å². The van der Waals surface area contributed by atoms with Crippen LogP contribution in [0.5, 0.6) is 34.5 Å². The van der Waals surface area contributed by atoms with Crippen LogP contribution in [0.3, 0.4) is 0 Å². The van der Waals surface area contributed by atoms with E-state index in [0.717, 1.165) is 5.57 Å². The Morgan fingerprint density at radius 1 is 1.00 bits per heavy atom. The number of allylic oxidation sites excluding steroid dienone is 2. The number of methoxy groups -OCH3 is 3. The quantitative estimate of drug-likeness (QED) is 0.556. The van der Waals surface area contributed by atoms with Crippen molar-refractivity contribution in [1.29, 1.82) is 0 Å². The predicted octanol–water partition coefficient (Wildman–Crippen LogP) is 4.83. The smallest absolute Gasteiger partial charge is 0.238 e. The maximum absolute atomic E-state index is 13.1. The fraction of sp³-hybridized carbons (Fsp3) is 0.261. The van der Waals surface area contributed by atoms with Gasteiger partial charge in [-0.1, -0.05) is 11.6 Å². The molecule has 1 aromatic heterocycles. The van der Waals surface area contributed by atoms with Crippen LogP contribution in [-0.2, 0) is 6.42 Å². The molecule has 0 atom stereocenters. The van der Waals surface area contributed by atoms with Gasteiger partial charge in [-0.3, -0.25) is 4.79 Å². The van der Waals surface area contributed by atoms with Crippen molar-refractivity contribution >= 4 is 11.0 Å². The summed E-state index contributed by atoms with van der Waals surface area (Å²) in [6.45, 7) is 3.90. The van der Waals surface area contributed by atoms with Crippen LogP contribution in [-0.4, -0.2) is 26.4 Å². The molecule has 0 aliphatic rings. The number of rotatable bonds is 7. The van der Waals surface area contributed by atoms with E-state index in [9.17, 15) is 9.90 Å². The fourth-order valence-electron chi connectivity index (χ4n) is 3.00. The summed E-state index contributed by atoms with van der Waals surface area (Å²) in [5, 5.41) is 10.9. The molecule has 158 valence electrons. The molecule has 1 N–H and O–H groups in total. The third-order valence-electron chi connectivity index (χ3n) is 4.60. The van der Waals surface area contributed by atoms with Crippen molar-refractivity contribution < 1.29 is 28.5 Å². The lowest BCUT2D eigenvalue weighted by Crippen LogP contribution is -2.07. The third kappa shape index (κ3) is 4.05. The Labute approximate surface area is 174 Å². The Kier molecular flexibility index (Phi) is 6.20. The molecule has 30 heavy (non-hydrogen) atoms. The lowest BCUT2D eigenvalue weighted by molar-refractivity contribution is 0.364. The molecule has 0 amide bonds. The van der Waals surface area contributed by atoms with Gasteiger partial charge in [-0.05, 0) is 32.4 Å². The fourth-order valence-corrected chi connectivity index (χ4v) is 3.00. The topological polar surface area (TPSA) is 87.4 Å². The van der Waals surface area contributed by atoms with E-state index < -0.39 is 5.43 Å². The largest absolute Gasteiger partial charge is 0.507 e. The van der Waals surface area contributed by atoms with Gasteiger partial charge in [0.2, 0.25) is 11.2 Å². The molecule has 0 unspecified atom stereocenters. The highest BCUT2D eigenvalue weighted by Gasteiger charge is 2.20. The number of fused-ring (bicyclic) bond motifs is 1. The zero-order chi connectivity index (χ0) is 21.8. The van der Waals surface area contributed by atoms with Crippen LogP contribution in [0.2, 0.25) is 0 Å². The Morgan fingerprint density at radius 2 is 1.73 bits per heavy atom. The molecule has 0 saturated carbocycles. The minimum absolute atomic E-state index is 0.0259. The van der Waals surface area contributed by atoms with Crippen LogP contribution in [0.1, 0.15) is 19.4 Å². The first-order valence-corrected chi connectivity index (χ1v) is 9.27. The van der Waals surface area contributed by atoms with E-state index in [1.807, 2.05) is 19.9 Å². The number of hydrogen-bond acceptors (Lipinski definition) is 7. The van der Waals surface area contributed by atoms with Crippen LogP contribution in [0.15, 0.2) is 51.4 Å². The number of aromatic hydroxyl groups is 1. The number of hydrogen-bond donors (Lipinski definition) is 1. The van der Waals surface area contributed by atoms with E-state index in [0.29, 0.717) is 35.0 Å². The van der Waals surface area contributed by atoms with Gasteiger partial charge in [-0.25, -0.2) is 0 Å². The minimum Gasteiger partial charge on any atom is -0.507 e. The third-order valence-corrected chi connectivity index (χ3v) is 4.60. The molecule has 0 aliphatic heterocycles. The Bertz CT molecular complexity index is 1150. The van der Waals surface area contributed by atoms with Crippen LogP contribution < -0.4 is 24.4 Å². The molecule has 0 fully saturated rings. The zero-order valence-corrected chi connectivity index (χ0v) is 17.6. The first-order chi connectivity index (χ1) is 14.4. The number of phenolic OH excluding ortho intramolecular Hbond substituents is 1. The van der Waals surface area contributed by atoms with Crippen molar-refractivity contribution in [3.8, 4) is 34.5 Å². The standard InChI is InChI=1S/C23H24O7/c1-13(2)6-8-15-17(27-4)11-19-21(22(15)24)23(25)20(12-29-19)30-16-9-7-14(26-3)10-18(16)28-5/h6-7,9-12,24H,8H2,1-5H3. The molecule has 0 spiro atoms. The second-order valence-electron chi connectivity index (χ2n) is 6.81. The normalized spacial score (nSPS) is 10.6. The summed E-state index contributed by atoms with van der Waals surface area (Å²) < 4.78 is 27.2. The average Bonchev–Trinajstić information content (AvgIpc) is 2.74. The Balaban J connectivity index is 2.13. The summed E-state index contributed by atoms with van der Waals surface area (Å²) in [4.78, 5) is 13.1. The van der Waals surface area contributed by atoms with E-state index in [1.165, 1.54) is 27.6 Å². The van der Waals surface area contributed by atoms with E-state index in [-0.39, 0.29) is 22.5 Å². The molecule has 0 saturated heterocycles. The molecule has 2 aromatic carbocycles. The van der Waals surface area contributed by atoms with Gasteiger partial charge in [0.1, 0.15) is 34.5 Å². The lowest BCUT2D eigenvalue weighted by atomic mass is 10.0. The van der Waals surface area contributed by atoms with Crippen LogP contribution >= 0.6 is 0 Å². The highest BCUT2D eigenvalue weighted by Crippen LogP contribution is 2.38. The van der Waals surface area contributed by atoms with Crippen molar-refractivity contribution in [3.63, 3.8) is 0 Å². The van der Waals surface area contributed by atoms with Crippen molar-refractivity contribution in [2.75, 3.05) is 21.3 Å². The molecule has 0 bridgehead atoms. The summed E-state index contributed by atoms with van der Waals surface area (Å²) in [6.07, 6.45) is 3.54. The highest BCUT2D eigenvalue weighted by atomic mass is 16.5. The molecule has 7 nitrogen and oxygen atoms in total. The second-order valence-corrected chi connectivity index (χ2v) is 6.81. The van der Waals surface area contributed by atoms with Crippen LogP contribution in [0.4, 0.5) is 0 Å². The Morgan fingerprint density at radius 3 is 2.37 bits per heavy atom. The monoisotopic (exact) mass is 412 g/mol. The second kappa shape index (κ2) is 8.82. The zero-order valence-electron chi connectivity index (χ0n) is 17.6. The molecular formula is C23H24O7. The lowest BCUT2D eigenvalue weighted by Gasteiger charge is -2.13. The summed E-state index contributed by atoms with van der Waals surface area (Å²) in [5.74, 6) is 1.44. The van der Waals surface area contributed by atoms with E-state index in [1.54, 1.807) is 24.3 Å². The number of benzene rings is 2. The van der Waals surface area contributed by atoms with Gasteiger partial charge in [-0.2, -0.15) is 0 Å². The Hall–Kier alpha value is -3.61. The predicted molar refractivity (Wildman–Crippen MR) is 113 cm³/mol. The number of phenols is 1. The molecule has 1 heterocycles. The molecule has 0 radical (unpaired) electrons. The van der Waals surface area contributed by atoms with E-state index in [4.69, 9.17) is 23.4 Å².